The van der Waals surface area contributed by atoms with Gasteiger partial charge in [0.1, 0.15) is 11.4 Å². The number of fused-ring (bicyclic) bond motifs is 1. The van der Waals surface area contributed by atoms with Crippen LogP contribution in [-0.4, -0.2) is 93.7 Å². The summed E-state index contributed by atoms with van der Waals surface area (Å²) in [6.07, 6.45) is 8.04. The third kappa shape index (κ3) is 10.3. The molecule has 0 unspecified atom stereocenters. The number of hydrogen-bond acceptors (Lipinski definition) is 11. The van der Waals surface area contributed by atoms with E-state index in [9.17, 15) is 23.3 Å². The minimum atomic E-state index is -4.67. The van der Waals surface area contributed by atoms with E-state index in [4.69, 9.17) is 21.1 Å². The van der Waals surface area contributed by atoms with Gasteiger partial charge in [-0.25, -0.2) is 17.5 Å². The Hall–Kier alpha value is -5.52. The van der Waals surface area contributed by atoms with Gasteiger partial charge in [-0.2, -0.15) is 0 Å². The maximum Gasteiger partial charge on any atom is 0.293 e. The molecule has 4 heterocycles. The first-order valence-corrected chi connectivity index (χ1v) is 25.0. The zero-order valence-corrected chi connectivity index (χ0v) is 39.4. The Bertz CT molecular complexity index is 2800. The first kappa shape index (κ1) is 46.6. The molecule has 0 saturated carbocycles. The number of carbonyl (C=O) groups excluding carboxylic acids is 1. The molecule has 14 nitrogen and oxygen atoms in total. The number of piperazine rings is 1. The van der Waals surface area contributed by atoms with E-state index in [-0.39, 0.29) is 34.1 Å². The Morgan fingerprint density at radius 2 is 1.76 bits per heavy atom. The number of aromatic amines is 1. The van der Waals surface area contributed by atoms with Crippen LogP contribution >= 0.6 is 11.6 Å². The van der Waals surface area contributed by atoms with Crippen LogP contribution in [-0.2, 0) is 14.8 Å². The Morgan fingerprint density at radius 3 is 2.49 bits per heavy atom. The van der Waals surface area contributed by atoms with Crippen LogP contribution in [0.5, 0.6) is 11.5 Å². The Morgan fingerprint density at radius 1 is 0.985 bits per heavy atom. The number of allylic oxidation sites excluding steroid dienone is 1. The summed E-state index contributed by atoms with van der Waals surface area (Å²) >= 11 is 6.25. The molecule has 0 radical (unpaired) electrons. The highest BCUT2D eigenvalue weighted by molar-refractivity contribution is 7.90. The number of amides is 1. The van der Waals surface area contributed by atoms with Crippen LogP contribution < -0.4 is 25.0 Å². The summed E-state index contributed by atoms with van der Waals surface area (Å²) in [5, 5.41) is 20.8. The summed E-state index contributed by atoms with van der Waals surface area (Å²) in [6.45, 7) is 11.0. The van der Waals surface area contributed by atoms with Crippen molar-refractivity contribution in [1.82, 2.24) is 19.9 Å². The fourth-order valence-electron chi connectivity index (χ4n) is 10.3. The smallest absolute Gasteiger partial charge is 0.293 e. The molecule has 1 atom stereocenters. The molecule has 3 saturated heterocycles. The quantitative estimate of drug-likeness (QED) is 0.0655. The van der Waals surface area contributed by atoms with Crippen molar-refractivity contribution in [1.29, 1.82) is 0 Å². The summed E-state index contributed by atoms with van der Waals surface area (Å²) in [4.78, 5) is 33.1. The molecule has 354 valence electrons. The van der Waals surface area contributed by atoms with E-state index in [0.717, 1.165) is 77.2 Å². The van der Waals surface area contributed by atoms with Crippen molar-refractivity contribution in [3.05, 3.63) is 123 Å². The number of sulfonamides is 1. The SMILES string of the molecule is CC1(C)CCC(CN2CCN(c3ccc(C(=O)NS(=O)(=O)c4ccc(N[C@]5(C6CCOCC6)CCCNC5)c([N+](=O)[O-])c4)c(Oc4cc5cc[nH]c5cc4F)c3)CC2)=C(c2ccc(Cl)cc2)C1. The van der Waals surface area contributed by atoms with Gasteiger partial charge in [0.2, 0.25) is 0 Å². The molecule has 4 aliphatic rings. The van der Waals surface area contributed by atoms with E-state index < -0.39 is 42.8 Å². The molecule has 17 heteroatoms. The molecule has 0 bridgehead atoms. The zero-order valence-electron chi connectivity index (χ0n) is 37.8. The van der Waals surface area contributed by atoms with E-state index in [1.807, 2.05) is 12.1 Å². The average molecular weight is 955 g/mol. The molecule has 5 aromatic rings. The number of nitro groups is 1. The van der Waals surface area contributed by atoms with Gasteiger partial charge in [0.25, 0.3) is 21.6 Å². The number of hydrogen-bond donors (Lipinski definition) is 4. The number of ether oxygens (including phenoxy) is 2. The maximum absolute atomic E-state index is 15.6. The van der Waals surface area contributed by atoms with Crippen LogP contribution in [0.4, 0.5) is 21.5 Å². The van der Waals surface area contributed by atoms with Gasteiger partial charge in [-0.1, -0.05) is 43.2 Å². The molecule has 4 aromatic carbocycles. The van der Waals surface area contributed by atoms with Crippen molar-refractivity contribution in [2.24, 2.45) is 11.3 Å². The summed E-state index contributed by atoms with van der Waals surface area (Å²) in [5.74, 6) is -1.76. The Kier molecular flexibility index (Phi) is 13.4. The van der Waals surface area contributed by atoms with Gasteiger partial charge >= 0.3 is 0 Å². The molecule has 3 aliphatic heterocycles. The van der Waals surface area contributed by atoms with Crippen molar-refractivity contribution in [2.75, 3.05) is 69.2 Å². The van der Waals surface area contributed by atoms with Crippen LogP contribution in [0.25, 0.3) is 16.5 Å². The molecule has 0 spiro atoms. The molecular formula is C50H57ClFN7O7S. The number of anilines is 2. The number of rotatable bonds is 13. The standard InChI is InChI=1S/C50H57ClFN7O7S/c1-49(2)17-12-35(41(30-49)33-4-6-37(51)7-5-33)31-57-20-22-58(23-21-57)38-8-10-40(46(27-38)66-47-26-34-13-19-54-44(34)29-42(47)52)48(60)56-67(63,64)39-9-11-43(45(28-39)59(61)62)55-50(16-3-18-53-32-50)36-14-24-65-25-15-36/h4-11,13,19,26-29,36,53-55H,3,12,14-18,20-25,30-32H2,1-2H3,(H,56,60)/t50-/m1/s1. The number of halogens is 2. The number of nitrogens with one attached hydrogen (secondary N) is 4. The summed E-state index contributed by atoms with van der Waals surface area (Å²) < 4.78 is 57.4. The number of nitrogens with zero attached hydrogens (tertiary/aromatic N) is 3. The first-order valence-electron chi connectivity index (χ1n) is 23.1. The fourth-order valence-corrected chi connectivity index (χ4v) is 11.4. The molecule has 3 fully saturated rings. The normalized spacial score (nSPS) is 20.7. The average Bonchev–Trinajstić information content (AvgIpc) is 3.77. The van der Waals surface area contributed by atoms with E-state index in [2.05, 4.69) is 56.1 Å². The van der Waals surface area contributed by atoms with E-state index in [1.54, 1.807) is 24.4 Å². The summed E-state index contributed by atoms with van der Waals surface area (Å²) in [5.41, 5.74) is 4.60. The molecule has 1 aromatic heterocycles. The number of H-pyrrole nitrogens is 1. The van der Waals surface area contributed by atoms with Crippen molar-refractivity contribution in [3.8, 4) is 11.5 Å². The van der Waals surface area contributed by atoms with Crippen LogP contribution in [0.3, 0.4) is 0 Å². The molecule has 1 amide bonds. The minimum Gasteiger partial charge on any atom is -0.453 e. The number of carbonyl (C=O) groups is 1. The van der Waals surface area contributed by atoms with Gasteiger partial charge in [0, 0.05) is 98.5 Å². The molecule has 9 rings (SSSR count). The molecular weight excluding hydrogens is 897 g/mol. The molecule has 67 heavy (non-hydrogen) atoms. The van der Waals surface area contributed by atoms with Gasteiger partial charge in [-0.05, 0) is 122 Å². The van der Waals surface area contributed by atoms with Crippen molar-refractivity contribution >= 4 is 61.1 Å². The highest BCUT2D eigenvalue weighted by Gasteiger charge is 2.42. The van der Waals surface area contributed by atoms with Gasteiger partial charge in [-0.3, -0.25) is 19.8 Å². The van der Waals surface area contributed by atoms with Gasteiger partial charge in [0.05, 0.1) is 20.9 Å². The van der Waals surface area contributed by atoms with Crippen molar-refractivity contribution < 1.29 is 32.0 Å². The number of nitro benzene ring substituents is 1. The second kappa shape index (κ2) is 19.2. The van der Waals surface area contributed by atoms with Crippen molar-refractivity contribution in [2.45, 2.75) is 69.2 Å². The summed E-state index contributed by atoms with van der Waals surface area (Å²) in [7, 11) is -4.67. The van der Waals surface area contributed by atoms with Crippen LogP contribution in [0.1, 0.15) is 74.7 Å². The third-order valence-electron chi connectivity index (χ3n) is 14.1. The van der Waals surface area contributed by atoms with E-state index in [0.29, 0.717) is 54.5 Å². The lowest BCUT2D eigenvalue weighted by atomic mass is 9.72. The second-order valence-corrected chi connectivity index (χ2v) is 21.3. The van der Waals surface area contributed by atoms with Crippen LogP contribution in [0.2, 0.25) is 5.02 Å². The zero-order chi connectivity index (χ0) is 46.9. The topological polar surface area (TPSA) is 171 Å². The largest absolute Gasteiger partial charge is 0.453 e. The lowest BCUT2D eigenvalue weighted by Crippen LogP contribution is -2.57. The molecule has 1 aliphatic carbocycles. The lowest BCUT2D eigenvalue weighted by molar-refractivity contribution is -0.384. The van der Waals surface area contributed by atoms with Gasteiger partial charge in [-0.15, -0.1) is 0 Å². The van der Waals surface area contributed by atoms with Crippen LogP contribution in [0.15, 0.2) is 95.5 Å². The fraction of sp³-hybridized carbons (Fsp3) is 0.420. The Balaban J connectivity index is 0.955. The minimum absolute atomic E-state index is 0.0611. The van der Waals surface area contributed by atoms with E-state index >= 15 is 4.39 Å². The molecule has 4 N–H and O–H groups in total. The highest BCUT2D eigenvalue weighted by Crippen LogP contribution is 2.44. The predicted octanol–water partition coefficient (Wildman–Crippen LogP) is 9.53. The summed E-state index contributed by atoms with van der Waals surface area (Å²) in [6, 6.07) is 21.1. The number of aromatic nitrogens is 1. The van der Waals surface area contributed by atoms with Crippen LogP contribution in [0, 0.1) is 27.3 Å². The predicted molar refractivity (Wildman–Crippen MR) is 259 cm³/mol. The monoisotopic (exact) mass is 953 g/mol. The van der Waals surface area contributed by atoms with Gasteiger partial charge in [0.15, 0.2) is 11.6 Å². The maximum atomic E-state index is 15.6. The Labute approximate surface area is 395 Å². The first-order chi connectivity index (χ1) is 32.1. The van der Waals surface area contributed by atoms with E-state index in [1.165, 1.54) is 47.0 Å². The number of piperidine rings is 1. The third-order valence-corrected chi connectivity index (χ3v) is 15.7. The number of benzene rings is 4. The van der Waals surface area contributed by atoms with Crippen molar-refractivity contribution in [3.63, 3.8) is 0 Å². The second-order valence-electron chi connectivity index (χ2n) is 19.1. The highest BCUT2D eigenvalue weighted by atomic mass is 35.5. The van der Waals surface area contributed by atoms with Gasteiger partial charge < -0.3 is 30.0 Å². The lowest BCUT2D eigenvalue weighted by Gasteiger charge is -2.46.